The molecule has 0 unspecified atom stereocenters. The van der Waals surface area contributed by atoms with Crippen LogP contribution < -0.4 is 25.0 Å². The van der Waals surface area contributed by atoms with Crippen LogP contribution in [0, 0.1) is 5.82 Å². The molecule has 2 aromatic heterocycles. The molecule has 11 heteroatoms. The molecule has 3 aromatic carbocycles. The zero-order chi connectivity index (χ0) is 32.3. The van der Waals surface area contributed by atoms with Gasteiger partial charge in [-0.05, 0) is 54.3 Å². The van der Waals surface area contributed by atoms with Crippen LogP contribution in [0.15, 0.2) is 91.9 Å². The molecular weight excluding hydrogens is 597 g/mol. The number of methoxy groups -OCH3 is 1. The Kier molecular flexibility index (Phi) is 8.26. The molecule has 2 aliphatic heterocycles. The molecule has 1 fully saturated rings. The lowest BCUT2D eigenvalue weighted by atomic mass is 10.0. The molecular formula is C36H34FN7O3. The second-order valence-corrected chi connectivity index (χ2v) is 11.6. The first-order chi connectivity index (χ1) is 23.0. The molecule has 47 heavy (non-hydrogen) atoms. The first-order valence-electron chi connectivity index (χ1n) is 15.5. The van der Waals surface area contributed by atoms with E-state index in [1.807, 2.05) is 30.3 Å². The standard InChI is InChI=1S/C36H34FN7O3/c1-3-35(45)43-14-11-25(12-15-43)41-32-18-28-31(19-33(32)46-2)39-22-40-36(28)42-30-9-8-26(16-29(30)37)47-27-10-13-38-34(17-27)44-20-23-6-4-5-7-24(23)21-44/h3-10,13,16-19,22,25,41H,1,11-12,14-15,20-21H2,2H3,(H,39,40,42). The Morgan fingerprint density at radius 1 is 0.957 bits per heavy atom. The highest BCUT2D eigenvalue weighted by molar-refractivity contribution is 5.95. The van der Waals surface area contributed by atoms with E-state index in [4.69, 9.17) is 9.47 Å². The number of nitrogens with zero attached hydrogens (tertiary/aromatic N) is 5. The number of hydrogen-bond acceptors (Lipinski definition) is 9. The number of aromatic nitrogens is 3. The number of carbonyl (C=O) groups is 1. The summed E-state index contributed by atoms with van der Waals surface area (Å²) >= 11 is 0. The quantitative estimate of drug-likeness (QED) is 0.170. The van der Waals surface area contributed by atoms with Gasteiger partial charge in [0, 0.05) is 62.0 Å². The molecule has 0 bridgehead atoms. The largest absolute Gasteiger partial charge is 0.495 e. The maximum Gasteiger partial charge on any atom is 0.245 e. The zero-order valence-electron chi connectivity index (χ0n) is 25.9. The van der Waals surface area contributed by atoms with E-state index in [9.17, 15) is 4.79 Å². The van der Waals surface area contributed by atoms with Crippen molar-refractivity contribution in [2.45, 2.75) is 32.0 Å². The third-order valence-electron chi connectivity index (χ3n) is 8.61. The van der Waals surface area contributed by atoms with Gasteiger partial charge in [0.25, 0.3) is 0 Å². The van der Waals surface area contributed by atoms with Gasteiger partial charge in [-0.25, -0.2) is 19.3 Å². The first-order valence-corrected chi connectivity index (χ1v) is 15.5. The second kappa shape index (κ2) is 13.0. The van der Waals surface area contributed by atoms with Crippen molar-refractivity contribution in [3.05, 3.63) is 109 Å². The summed E-state index contributed by atoms with van der Waals surface area (Å²) in [6, 6.07) is 20.5. The van der Waals surface area contributed by atoms with Gasteiger partial charge in [-0.1, -0.05) is 30.8 Å². The minimum atomic E-state index is -0.494. The SMILES string of the molecule is C=CC(=O)N1CCC(Nc2cc3c(Nc4ccc(Oc5ccnc(N6Cc7ccccc7C6)c5)cc4F)ncnc3cc2OC)CC1. The van der Waals surface area contributed by atoms with Crippen molar-refractivity contribution in [2.24, 2.45) is 0 Å². The van der Waals surface area contributed by atoms with Crippen LogP contribution in [0.3, 0.4) is 0 Å². The molecule has 2 N–H and O–H groups in total. The molecule has 4 heterocycles. The number of benzene rings is 3. The number of fused-ring (bicyclic) bond motifs is 2. The molecule has 0 saturated carbocycles. The monoisotopic (exact) mass is 631 g/mol. The van der Waals surface area contributed by atoms with E-state index in [2.05, 4.69) is 49.2 Å². The van der Waals surface area contributed by atoms with Crippen LogP contribution >= 0.6 is 0 Å². The van der Waals surface area contributed by atoms with E-state index in [1.54, 1.807) is 36.4 Å². The van der Waals surface area contributed by atoms with Crippen LogP contribution in [0.2, 0.25) is 0 Å². The molecule has 7 rings (SSSR count). The third-order valence-corrected chi connectivity index (χ3v) is 8.61. The third kappa shape index (κ3) is 6.37. The average molecular weight is 632 g/mol. The fraction of sp³-hybridized carbons (Fsp3) is 0.222. The van der Waals surface area contributed by atoms with Gasteiger partial charge < -0.3 is 29.9 Å². The smallest absolute Gasteiger partial charge is 0.245 e. The summed E-state index contributed by atoms with van der Waals surface area (Å²) in [7, 11) is 1.61. The van der Waals surface area contributed by atoms with Crippen LogP contribution in [0.25, 0.3) is 10.9 Å². The fourth-order valence-corrected chi connectivity index (χ4v) is 6.11. The fourth-order valence-electron chi connectivity index (χ4n) is 6.11. The summed E-state index contributed by atoms with van der Waals surface area (Å²) in [6.07, 6.45) is 6.04. The van der Waals surface area contributed by atoms with E-state index in [0.29, 0.717) is 47.1 Å². The molecule has 2 aliphatic rings. The minimum absolute atomic E-state index is 0.0536. The number of likely N-dealkylation sites (tertiary alicyclic amines) is 1. The maximum absolute atomic E-state index is 15.5. The van der Waals surface area contributed by atoms with Crippen molar-refractivity contribution in [2.75, 3.05) is 35.7 Å². The van der Waals surface area contributed by atoms with Crippen molar-refractivity contribution in [3.63, 3.8) is 0 Å². The van der Waals surface area contributed by atoms with Crippen molar-refractivity contribution in [1.29, 1.82) is 0 Å². The topological polar surface area (TPSA) is 105 Å². The predicted octanol–water partition coefficient (Wildman–Crippen LogP) is 6.82. The van der Waals surface area contributed by atoms with Crippen LogP contribution in [0.4, 0.5) is 27.4 Å². The van der Waals surface area contributed by atoms with Gasteiger partial charge in [-0.15, -0.1) is 0 Å². The van der Waals surface area contributed by atoms with Gasteiger partial charge in [0.2, 0.25) is 5.91 Å². The number of rotatable bonds is 9. The van der Waals surface area contributed by atoms with Crippen LogP contribution in [-0.4, -0.2) is 52.0 Å². The number of carbonyl (C=O) groups excluding carboxylic acids is 1. The van der Waals surface area contributed by atoms with Crippen LogP contribution in [0.1, 0.15) is 24.0 Å². The number of pyridine rings is 1. The Bertz CT molecular complexity index is 1940. The van der Waals surface area contributed by atoms with Crippen molar-refractivity contribution >= 4 is 39.8 Å². The van der Waals surface area contributed by atoms with Gasteiger partial charge in [0.15, 0.2) is 0 Å². The minimum Gasteiger partial charge on any atom is -0.495 e. The van der Waals surface area contributed by atoms with Gasteiger partial charge in [0.1, 0.15) is 41.0 Å². The molecule has 0 atom stereocenters. The molecule has 5 aromatic rings. The summed E-state index contributed by atoms with van der Waals surface area (Å²) in [5, 5.41) is 7.39. The van der Waals surface area contributed by atoms with E-state index in [1.165, 1.54) is 29.6 Å². The second-order valence-electron chi connectivity index (χ2n) is 11.6. The number of halogens is 1. The van der Waals surface area contributed by atoms with Crippen molar-refractivity contribution < 1.29 is 18.7 Å². The number of amides is 1. The lowest BCUT2D eigenvalue weighted by Gasteiger charge is -2.32. The average Bonchev–Trinajstić information content (AvgIpc) is 3.54. The van der Waals surface area contributed by atoms with E-state index < -0.39 is 5.82 Å². The summed E-state index contributed by atoms with van der Waals surface area (Å²) < 4.78 is 27.2. The highest BCUT2D eigenvalue weighted by atomic mass is 19.1. The van der Waals surface area contributed by atoms with Crippen molar-refractivity contribution in [3.8, 4) is 17.2 Å². The summed E-state index contributed by atoms with van der Waals surface area (Å²) in [6.45, 7) is 6.43. The molecule has 1 saturated heterocycles. The molecule has 0 spiro atoms. The molecule has 0 radical (unpaired) electrons. The lowest BCUT2D eigenvalue weighted by molar-refractivity contribution is -0.126. The number of anilines is 4. The molecule has 238 valence electrons. The number of nitrogens with one attached hydrogen (secondary N) is 2. The van der Waals surface area contributed by atoms with Gasteiger partial charge in [0.05, 0.1) is 24.0 Å². The van der Waals surface area contributed by atoms with Crippen LogP contribution in [-0.2, 0) is 17.9 Å². The Morgan fingerprint density at radius 3 is 2.45 bits per heavy atom. The summed E-state index contributed by atoms with van der Waals surface area (Å²) in [5.41, 5.74) is 4.23. The van der Waals surface area contributed by atoms with Crippen molar-refractivity contribution in [1.82, 2.24) is 19.9 Å². The Balaban J connectivity index is 1.06. The van der Waals surface area contributed by atoms with Gasteiger partial charge in [-0.3, -0.25) is 4.79 Å². The Morgan fingerprint density at radius 2 is 1.72 bits per heavy atom. The van der Waals surface area contributed by atoms with E-state index >= 15 is 4.39 Å². The molecule has 10 nitrogen and oxygen atoms in total. The number of piperidine rings is 1. The lowest BCUT2D eigenvalue weighted by Crippen LogP contribution is -2.41. The predicted molar refractivity (Wildman–Crippen MR) is 180 cm³/mol. The highest BCUT2D eigenvalue weighted by Crippen LogP contribution is 2.36. The van der Waals surface area contributed by atoms with Gasteiger partial charge in [-0.2, -0.15) is 0 Å². The summed E-state index contributed by atoms with van der Waals surface area (Å²) in [4.78, 5) is 29.3. The Labute approximate surface area is 271 Å². The van der Waals surface area contributed by atoms with Gasteiger partial charge >= 0.3 is 0 Å². The molecule has 0 aliphatic carbocycles. The van der Waals surface area contributed by atoms with Crippen LogP contribution in [0.5, 0.6) is 17.2 Å². The first kappa shape index (κ1) is 30.0. The Hall–Kier alpha value is -5.71. The van der Waals surface area contributed by atoms with E-state index in [0.717, 1.165) is 37.4 Å². The zero-order valence-corrected chi connectivity index (χ0v) is 25.9. The highest BCUT2D eigenvalue weighted by Gasteiger charge is 2.23. The maximum atomic E-state index is 15.5. The van der Waals surface area contributed by atoms with E-state index in [-0.39, 0.29) is 17.6 Å². The molecule has 1 amide bonds. The normalized spacial score (nSPS) is 14.5. The number of hydrogen-bond donors (Lipinski definition) is 2. The number of ether oxygens (including phenoxy) is 2. The summed E-state index contributed by atoms with van der Waals surface area (Å²) in [5.74, 6) is 2.26.